The highest BCUT2D eigenvalue weighted by molar-refractivity contribution is 5.95. The minimum Gasteiger partial charge on any atom is -0.384 e. The number of nitrogens with zero attached hydrogens (tertiary/aromatic N) is 3. The van der Waals surface area contributed by atoms with E-state index in [1.807, 2.05) is 17.0 Å². The van der Waals surface area contributed by atoms with E-state index in [1.54, 1.807) is 18.2 Å². The van der Waals surface area contributed by atoms with Crippen LogP contribution in [0.25, 0.3) is 33.5 Å². The Labute approximate surface area is 183 Å². The van der Waals surface area contributed by atoms with Gasteiger partial charge >= 0.3 is 0 Å². The van der Waals surface area contributed by atoms with Crippen molar-refractivity contribution in [3.05, 3.63) is 65.9 Å². The van der Waals surface area contributed by atoms with Gasteiger partial charge in [-0.1, -0.05) is 12.1 Å². The number of fused-ring (bicyclic) bond motifs is 1. The molecule has 1 amide bonds. The number of amides is 1. The van der Waals surface area contributed by atoms with Crippen LogP contribution in [0.4, 0.5) is 14.6 Å². The van der Waals surface area contributed by atoms with Gasteiger partial charge in [0.15, 0.2) is 5.82 Å². The second-order valence-corrected chi connectivity index (χ2v) is 7.94. The highest BCUT2D eigenvalue weighted by Gasteiger charge is 2.19. The Balaban J connectivity index is 1.49. The fourth-order valence-electron chi connectivity index (χ4n) is 4.14. The first-order chi connectivity index (χ1) is 15.5. The van der Waals surface area contributed by atoms with Crippen LogP contribution in [-0.2, 0) is 0 Å². The summed E-state index contributed by atoms with van der Waals surface area (Å²) in [6.07, 6.45) is 4.77. The van der Waals surface area contributed by atoms with Gasteiger partial charge in [-0.25, -0.2) is 18.7 Å². The molecule has 8 heteroatoms. The topological polar surface area (TPSA) is 87.9 Å². The van der Waals surface area contributed by atoms with E-state index in [9.17, 15) is 13.6 Å². The average molecular weight is 433 g/mol. The number of hydrogen-bond acceptors (Lipinski definition) is 4. The molecule has 1 saturated heterocycles. The van der Waals surface area contributed by atoms with Crippen LogP contribution in [0.15, 0.2) is 48.7 Å². The summed E-state index contributed by atoms with van der Waals surface area (Å²) in [7, 11) is 0. The summed E-state index contributed by atoms with van der Waals surface area (Å²) in [5.74, 6) is -0.866. The van der Waals surface area contributed by atoms with Crippen molar-refractivity contribution in [2.75, 3.05) is 18.8 Å². The van der Waals surface area contributed by atoms with E-state index in [0.29, 0.717) is 22.2 Å². The molecular weight excluding hydrogens is 412 g/mol. The number of nitrogens with two attached hydrogens (primary N) is 1. The highest BCUT2D eigenvalue weighted by Crippen LogP contribution is 2.31. The highest BCUT2D eigenvalue weighted by atomic mass is 19.1. The number of benzene rings is 2. The Kier molecular flexibility index (Phi) is 5.05. The third-order valence-corrected chi connectivity index (χ3v) is 5.76. The average Bonchev–Trinajstić information content (AvgIpc) is 3.23. The fraction of sp³-hybridized carbons (Fsp3) is 0.208. The number of carbonyl (C=O) groups is 1. The van der Waals surface area contributed by atoms with Crippen molar-refractivity contribution in [3.8, 4) is 22.6 Å². The number of piperidine rings is 1. The number of nitrogens with one attached hydrogen (secondary N) is 1. The van der Waals surface area contributed by atoms with Crippen molar-refractivity contribution in [1.82, 2.24) is 19.9 Å². The Morgan fingerprint density at radius 1 is 1.00 bits per heavy atom. The van der Waals surface area contributed by atoms with Crippen LogP contribution in [0.3, 0.4) is 0 Å². The summed E-state index contributed by atoms with van der Waals surface area (Å²) < 4.78 is 27.9. The predicted octanol–water partition coefficient (Wildman–Crippen LogP) is 4.78. The van der Waals surface area contributed by atoms with Gasteiger partial charge < -0.3 is 15.6 Å². The second-order valence-electron chi connectivity index (χ2n) is 7.94. The molecule has 4 aromatic rings. The minimum absolute atomic E-state index is 0.0296. The van der Waals surface area contributed by atoms with E-state index in [1.165, 1.54) is 12.3 Å². The van der Waals surface area contributed by atoms with Gasteiger partial charge in [0.25, 0.3) is 5.91 Å². The molecule has 162 valence electrons. The van der Waals surface area contributed by atoms with E-state index >= 15 is 0 Å². The van der Waals surface area contributed by atoms with Crippen LogP contribution < -0.4 is 5.73 Å². The lowest BCUT2D eigenvalue weighted by molar-refractivity contribution is 0.0724. The molecule has 0 spiro atoms. The van der Waals surface area contributed by atoms with E-state index in [-0.39, 0.29) is 23.1 Å². The van der Waals surface area contributed by atoms with Gasteiger partial charge in [-0.2, -0.15) is 0 Å². The van der Waals surface area contributed by atoms with Gasteiger partial charge in [0.05, 0.1) is 11.2 Å². The maximum Gasteiger partial charge on any atom is 0.253 e. The Bertz CT molecular complexity index is 1310. The van der Waals surface area contributed by atoms with Crippen molar-refractivity contribution in [3.63, 3.8) is 0 Å². The largest absolute Gasteiger partial charge is 0.384 e. The number of anilines is 1. The lowest BCUT2D eigenvalue weighted by atomic mass is 10.1. The number of aromatic nitrogens is 3. The summed E-state index contributed by atoms with van der Waals surface area (Å²) in [6.45, 7) is 1.58. The van der Waals surface area contributed by atoms with Crippen molar-refractivity contribution in [2.24, 2.45) is 0 Å². The van der Waals surface area contributed by atoms with Crippen molar-refractivity contribution in [2.45, 2.75) is 19.3 Å². The molecule has 3 N–H and O–H groups in total. The van der Waals surface area contributed by atoms with Crippen molar-refractivity contribution >= 4 is 22.6 Å². The summed E-state index contributed by atoms with van der Waals surface area (Å²) in [5, 5.41) is 0.335. The Morgan fingerprint density at radius 2 is 1.75 bits per heavy atom. The van der Waals surface area contributed by atoms with Gasteiger partial charge in [0.1, 0.15) is 17.5 Å². The molecule has 1 aliphatic heterocycles. The third kappa shape index (κ3) is 3.68. The van der Waals surface area contributed by atoms with Gasteiger partial charge in [0, 0.05) is 53.5 Å². The number of aromatic amines is 1. The van der Waals surface area contributed by atoms with E-state index in [2.05, 4.69) is 15.0 Å². The first kappa shape index (κ1) is 20.1. The third-order valence-electron chi connectivity index (χ3n) is 5.76. The number of likely N-dealkylation sites (tertiary alicyclic amines) is 1. The molecule has 0 saturated carbocycles. The van der Waals surface area contributed by atoms with Crippen LogP contribution in [0.1, 0.15) is 29.6 Å². The number of H-pyrrole nitrogens is 1. The van der Waals surface area contributed by atoms with Crippen LogP contribution in [0.5, 0.6) is 0 Å². The Morgan fingerprint density at radius 3 is 2.50 bits per heavy atom. The van der Waals surface area contributed by atoms with E-state index < -0.39 is 11.6 Å². The molecule has 1 aliphatic rings. The molecule has 3 heterocycles. The van der Waals surface area contributed by atoms with Gasteiger partial charge in [0.2, 0.25) is 0 Å². The van der Waals surface area contributed by atoms with Crippen LogP contribution in [0.2, 0.25) is 0 Å². The molecule has 0 unspecified atom stereocenters. The zero-order valence-corrected chi connectivity index (χ0v) is 17.2. The predicted molar refractivity (Wildman–Crippen MR) is 119 cm³/mol. The molecule has 5 rings (SSSR count). The molecule has 2 aromatic heterocycles. The fourth-order valence-corrected chi connectivity index (χ4v) is 4.14. The first-order valence-corrected chi connectivity index (χ1v) is 10.5. The smallest absolute Gasteiger partial charge is 0.253 e. The maximum absolute atomic E-state index is 14.1. The van der Waals surface area contributed by atoms with Gasteiger partial charge in [-0.05, 0) is 37.5 Å². The van der Waals surface area contributed by atoms with Gasteiger partial charge in [-0.15, -0.1) is 0 Å². The molecule has 6 nitrogen and oxygen atoms in total. The Hall–Kier alpha value is -3.81. The zero-order valence-electron chi connectivity index (χ0n) is 17.2. The van der Waals surface area contributed by atoms with Crippen LogP contribution in [-0.4, -0.2) is 38.8 Å². The number of rotatable bonds is 3. The summed E-state index contributed by atoms with van der Waals surface area (Å²) >= 11 is 0. The van der Waals surface area contributed by atoms with Gasteiger partial charge in [-0.3, -0.25) is 4.79 Å². The lowest BCUT2D eigenvalue weighted by Crippen LogP contribution is -2.35. The minimum atomic E-state index is -0.690. The SMILES string of the molecule is Nc1cc(-c2ccc(C(=O)N3CCCCC3)cc2)nc(-c2c[nH]c3c(F)cc(F)cc23)n1. The summed E-state index contributed by atoms with van der Waals surface area (Å²) in [4.78, 5) is 26.2. The molecule has 1 fully saturated rings. The van der Waals surface area contributed by atoms with Crippen LogP contribution in [0, 0.1) is 11.6 Å². The molecule has 0 bridgehead atoms. The number of halogens is 2. The summed E-state index contributed by atoms with van der Waals surface area (Å²) in [6, 6.07) is 10.9. The lowest BCUT2D eigenvalue weighted by Gasteiger charge is -2.26. The zero-order chi connectivity index (χ0) is 22.2. The molecule has 0 atom stereocenters. The second kappa shape index (κ2) is 8.03. The van der Waals surface area contributed by atoms with E-state index in [4.69, 9.17) is 5.73 Å². The van der Waals surface area contributed by atoms with Crippen LogP contribution >= 0.6 is 0 Å². The molecular formula is C24H21F2N5O. The number of nitrogen functional groups attached to an aromatic ring is 1. The molecule has 32 heavy (non-hydrogen) atoms. The summed E-state index contributed by atoms with van der Waals surface area (Å²) in [5.41, 5.74) is 8.57. The normalized spacial score (nSPS) is 14.1. The maximum atomic E-state index is 14.1. The quantitative estimate of drug-likeness (QED) is 0.487. The van der Waals surface area contributed by atoms with Crippen molar-refractivity contribution < 1.29 is 13.6 Å². The molecule has 2 aromatic carbocycles. The number of hydrogen-bond donors (Lipinski definition) is 2. The number of carbonyl (C=O) groups excluding carboxylic acids is 1. The molecule has 0 aliphatic carbocycles. The van der Waals surface area contributed by atoms with E-state index in [0.717, 1.165) is 44.0 Å². The first-order valence-electron chi connectivity index (χ1n) is 10.5. The van der Waals surface area contributed by atoms with Crippen molar-refractivity contribution in [1.29, 1.82) is 0 Å². The monoisotopic (exact) mass is 433 g/mol. The molecule has 0 radical (unpaired) electrons. The standard InChI is InChI=1S/C24H21F2N5O/c25-16-10-17-18(13-28-22(17)19(26)11-16)23-29-20(12-21(27)30-23)14-4-6-15(7-5-14)24(32)31-8-2-1-3-9-31/h4-7,10-13,28H,1-3,8-9H2,(H2,27,29,30).